The summed E-state index contributed by atoms with van der Waals surface area (Å²) in [6.07, 6.45) is -0.169. The molecule has 1 atom stereocenters. The number of nitrogens with two attached hydrogens (primary N) is 1. The molecule has 0 spiro atoms. The molecule has 0 bridgehead atoms. The maximum atomic E-state index is 11.8. The molecule has 0 fully saturated rings. The first-order chi connectivity index (χ1) is 7.91. The second kappa shape index (κ2) is 5.65. The maximum Gasteiger partial charge on any atom is 0.303 e. The van der Waals surface area contributed by atoms with Crippen LogP contribution in [0.4, 0.5) is 0 Å². The van der Waals surface area contributed by atoms with Crippen molar-refractivity contribution in [1.29, 1.82) is 0 Å². The number of aliphatic carboxylic acids is 1. The highest BCUT2D eigenvalue weighted by atomic mass is 35.5. The van der Waals surface area contributed by atoms with Gasteiger partial charge in [-0.25, -0.2) is 0 Å². The molecule has 0 aliphatic rings. The van der Waals surface area contributed by atoms with Gasteiger partial charge >= 0.3 is 5.97 Å². The van der Waals surface area contributed by atoms with Crippen molar-refractivity contribution in [2.75, 3.05) is 0 Å². The second-order valence-corrected chi connectivity index (χ2v) is 4.00. The van der Waals surface area contributed by atoms with Crippen LogP contribution in [0, 0.1) is 0 Å². The van der Waals surface area contributed by atoms with Crippen molar-refractivity contribution in [3.63, 3.8) is 0 Å². The van der Waals surface area contributed by atoms with E-state index in [1.165, 1.54) is 18.2 Å². The molecule has 0 radical (unpaired) electrons. The summed E-state index contributed by atoms with van der Waals surface area (Å²) >= 11 is 5.62. The molecule has 1 unspecified atom stereocenters. The van der Waals surface area contributed by atoms with Gasteiger partial charge in [0.2, 0.25) is 0 Å². The van der Waals surface area contributed by atoms with Gasteiger partial charge in [-0.1, -0.05) is 11.6 Å². The third-order valence-corrected chi connectivity index (χ3v) is 2.47. The van der Waals surface area contributed by atoms with Crippen LogP contribution in [0.5, 0.6) is 5.75 Å². The molecule has 1 aromatic carbocycles. The fourth-order valence-electron chi connectivity index (χ4n) is 1.32. The number of carbonyl (C=O) groups excluding carboxylic acids is 1. The number of hydrogen-bond acceptors (Lipinski definition) is 4. The Morgan fingerprint density at radius 1 is 1.41 bits per heavy atom. The predicted octanol–water partition coefficient (Wildman–Crippen LogP) is 1.42. The lowest BCUT2D eigenvalue weighted by Crippen LogP contribution is -2.31. The Bertz CT molecular complexity index is 447. The number of phenols is 1. The van der Waals surface area contributed by atoms with E-state index in [9.17, 15) is 14.7 Å². The minimum absolute atomic E-state index is 0.0240. The minimum Gasteiger partial charge on any atom is -0.507 e. The number of carboxylic acid groups (broad SMARTS) is 1. The summed E-state index contributed by atoms with van der Waals surface area (Å²) in [4.78, 5) is 22.1. The normalized spacial score (nSPS) is 12.1. The summed E-state index contributed by atoms with van der Waals surface area (Å²) in [7, 11) is 0. The molecular formula is C11H12ClNO4. The Morgan fingerprint density at radius 2 is 2.06 bits per heavy atom. The summed E-state index contributed by atoms with van der Waals surface area (Å²) < 4.78 is 0. The number of halogens is 1. The zero-order valence-electron chi connectivity index (χ0n) is 8.89. The molecule has 5 nitrogen and oxygen atoms in total. The molecular weight excluding hydrogens is 246 g/mol. The lowest BCUT2D eigenvalue weighted by atomic mass is 10.0. The van der Waals surface area contributed by atoms with Crippen molar-refractivity contribution in [2.24, 2.45) is 5.73 Å². The average molecular weight is 258 g/mol. The number of ketones is 1. The van der Waals surface area contributed by atoms with Gasteiger partial charge in [-0.15, -0.1) is 0 Å². The van der Waals surface area contributed by atoms with Gasteiger partial charge in [-0.2, -0.15) is 0 Å². The lowest BCUT2D eigenvalue weighted by Gasteiger charge is -2.10. The summed E-state index contributed by atoms with van der Waals surface area (Å²) in [5, 5.41) is 18.3. The number of Topliss-reactive ketones (excluding diaryl/α,β-unsaturated/α-hetero) is 1. The van der Waals surface area contributed by atoms with Crippen molar-refractivity contribution in [1.82, 2.24) is 0 Å². The van der Waals surface area contributed by atoms with Crippen LogP contribution in [-0.2, 0) is 4.79 Å². The van der Waals surface area contributed by atoms with Gasteiger partial charge in [0.05, 0.1) is 11.6 Å². The quantitative estimate of drug-likeness (QED) is 0.693. The van der Waals surface area contributed by atoms with Crippen molar-refractivity contribution in [2.45, 2.75) is 18.9 Å². The number of phenolic OH excluding ortho intramolecular Hbond substituents is 1. The van der Waals surface area contributed by atoms with Gasteiger partial charge < -0.3 is 15.9 Å². The fraction of sp³-hybridized carbons (Fsp3) is 0.273. The Hall–Kier alpha value is -1.59. The van der Waals surface area contributed by atoms with E-state index in [-0.39, 0.29) is 24.2 Å². The van der Waals surface area contributed by atoms with E-state index in [2.05, 4.69) is 0 Å². The number of carboxylic acids is 1. The van der Waals surface area contributed by atoms with Crippen molar-refractivity contribution in [3.8, 4) is 5.75 Å². The minimum atomic E-state index is -1.02. The third kappa shape index (κ3) is 3.72. The van der Waals surface area contributed by atoms with Crippen molar-refractivity contribution >= 4 is 23.4 Å². The van der Waals surface area contributed by atoms with Crippen LogP contribution in [0.1, 0.15) is 23.2 Å². The number of benzene rings is 1. The van der Waals surface area contributed by atoms with Gasteiger partial charge in [-0.3, -0.25) is 9.59 Å². The topological polar surface area (TPSA) is 101 Å². The number of hydrogen-bond donors (Lipinski definition) is 3. The van der Waals surface area contributed by atoms with Gasteiger partial charge in [0, 0.05) is 11.4 Å². The number of carbonyl (C=O) groups is 2. The molecule has 0 heterocycles. The van der Waals surface area contributed by atoms with E-state index < -0.39 is 17.8 Å². The zero-order chi connectivity index (χ0) is 13.0. The molecule has 17 heavy (non-hydrogen) atoms. The van der Waals surface area contributed by atoms with Gasteiger partial charge in [-0.05, 0) is 24.6 Å². The van der Waals surface area contributed by atoms with Crippen molar-refractivity contribution < 1.29 is 19.8 Å². The molecule has 4 N–H and O–H groups in total. The number of aromatic hydroxyl groups is 1. The van der Waals surface area contributed by atoms with Crippen LogP contribution in [0.3, 0.4) is 0 Å². The van der Waals surface area contributed by atoms with Crippen LogP contribution >= 0.6 is 11.6 Å². The maximum absolute atomic E-state index is 11.8. The van der Waals surface area contributed by atoms with E-state index in [4.69, 9.17) is 22.4 Å². The summed E-state index contributed by atoms with van der Waals surface area (Å²) in [5.74, 6) is -1.78. The standard InChI is InChI=1S/C11H12ClNO4/c12-6-1-2-7(9(14)5-6)11(17)8(13)3-4-10(15)16/h1-2,5,8,14H,3-4,13H2,(H,15,16). The highest BCUT2D eigenvalue weighted by Gasteiger charge is 2.19. The zero-order valence-corrected chi connectivity index (χ0v) is 9.65. The molecule has 6 heteroatoms. The van der Waals surface area contributed by atoms with E-state index in [1.807, 2.05) is 0 Å². The molecule has 0 aliphatic carbocycles. The molecule has 0 saturated carbocycles. The van der Waals surface area contributed by atoms with E-state index in [0.717, 1.165) is 0 Å². The molecule has 92 valence electrons. The monoisotopic (exact) mass is 257 g/mol. The van der Waals surface area contributed by atoms with Crippen molar-refractivity contribution in [3.05, 3.63) is 28.8 Å². The second-order valence-electron chi connectivity index (χ2n) is 3.56. The first-order valence-corrected chi connectivity index (χ1v) is 5.29. The number of rotatable bonds is 5. The Morgan fingerprint density at radius 3 is 2.59 bits per heavy atom. The highest BCUT2D eigenvalue weighted by Crippen LogP contribution is 2.23. The van der Waals surface area contributed by atoms with Crippen LogP contribution in [0.2, 0.25) is 5.02 Å². The molecule has 0 saturated heterocycles. The van der Waals surface area contributed by atoms with E-state index in [0.29, 0.717) is 5.02 Å². The molecule has 1 aromatic rings. The fourth-order valence-corrected chi connectivity index (χ4v) is 1.49. The van der Waals surface area contributed by atoms with Crippen LogP contribution in [0.15, 0.2) is 18.2 Å². The summed E-state index contributed by atoms with van der Waals surface area (Å²) in [6, 6.07) is 3.11. The first-order valence-electron chi connectivity index (χ1n) is 4.92. The Kier molecular flexibility index (Phi) is 4.48. The van der Waals surface area contributed by atoms with E-state index in [1.54, 1.807) is 0 Å². The molecule has 0 aromatic heterocycles. The van der Waals surface area contributed by atoms with Crippen LogP contribution < -0.4 is 5.73 Å². The molecule has 0 amide bonds. The molecule has 0 aliphatic heterocycles. The highest BCUT2D eigenvalue weighted by molar-refractivity contribution is 6.30. The third-order valence-electron chi connectivity index (χ3n) is 2.23. The Labute approximate surface area is 103 Å². The SMILES string of the molecule is NC(CCC(=O)O)C(=O)c1ccc(Cl)cc1O. The van der Waals surface area contributed by atoms with Crippen LogP contribution in [0.25, 0.3) is 0 Å². The van der Waals surface area contributed by atoms with Gasteiger partial charge in [0.1, 0.15) is 5.75 Å². The summed E-state index contributed by atoms with van der Waals surface area (Å²) in [5.41, 5.74) is 5.60. The largest absolute Gasteiger partial charge is 0.507 e. The van der Waals surface area contributed by atoms with Gasteiger partial charge in [0.25, 0.3) is 0 Å². The average Bonchev–Trinajstić information content (AvgIpc) is 2.25. The molecule has 1 rings (SSSR count). The lowest BCUT2D eigenvalue weighted by molar-refractivity contribution is -0.137. The Balaban J connectivity index is 2.78. The van der Waals surface area contributed by atoms with Crippen LogP contribution in [-0.4, -0.2) is 28.0 Å². The first kappa shape index (κ1) is 13.5. The smallest absolute Gasteiger partial charge is 0.303 e. The van der Waals surface area contributed by atoms with Gasteiger partial charge in [0.15, 0.2) is 5.78 Å². The van der Waals surface area contributed by atoms with E-state index >= 15 is 0 Å². The summed E-state index contributed by atoms with van der Waals surface area (Å²) in [6.45, 7) is 0. The predicted molar refractivity (Wildman–Crippen MR) is 62.3 cm³/mol.